The minimum Gasteiger partial charge on any atom is -0.311 e. The van der Waals surface area contributed by atoms with Crippen molar-refractivity contribution in [3.05, 3.63) is 193 Å². The minimum atomic E-state index is -0.103. The lowest BCUT2D eigenvalue weighted by Gasteiger charge is -2.25. The third kappa shape index (κ3) is 4.33. The number of rotatable bonds is 4. The number of benzene rings is 9. The number of aromatic nitrogens is 1. The third-order valence-corrected chi connectivity index (χ3v) is 11.7. The molecule has 1 aliphatic rings. The van der Waals surface area contributed by atoms with Gasteiger partial charge in [0.1, 0.15) is 0 Å². The molecule has 1 aromatic heterocycles. The zero-order valence-electron chi connectivity index (χ0n) is 29.7. The molecule has 0 amide bonds. The molecule has 0 atom stereocenters. The summed E-state index contributed by atoms with van der Waals surface area (Å²) in [5.74, 6) is 0. The highest BCUT2D eigenvalue weighted by Crippen LogP contribution is 2.51. The van der Waals surface area contributed by atoms with E-state index in [1.165, 1.54) is 76.4 Å². The lowest BCUT2D eigenvalue weighted by atomic mass is 9.82. The van der Waals surface area contributed by atoms with E-state index in [1.54, 1.807) is 0 Å². The largest absolute Gasteiger partial charge is 0.311 e. The van der Waals surface area contributed by atoms with Crippen molar-refractivity contribution in [3.63, 3.8) is 0 Å². The van der Waals surface area contributed by atoms with Gasteiger partial charge in [-0.3, -0.25) is 0 Å². The molecular weight excluding hydrogens is 641 g/mol. The maximum Gasteiger partial charge on any atom is 0.0547 e. The van der Waals surface area contributed by atoms with Gasteiger partial charge in [-0.1, -0.05) is 123 Å². The predicted molar refractivity (Wildman–Crippen MR) is 226 cm³/mol. The van der Waals surface area contributed by atoms with E-state index in [1.807, 2.05) is 0 Å². The first-order valence-electron chi connectivity index (χ1n) is 18.5. The first-order valence-corrected chi connectivity index (χ1v) is 18.5. The molecule has 0 bridgehead atoms. The van der Waals surface area contributed by atoms with Gasteiger partial charge >= 0.3 is 0 Å². The summed E-state index contributed by atoms with van der Waals surface area (Å²) in [5, 5.41) is 10.3. The van der Waals surface area contributed by atoms with Crippen molar-refractivity contribution in [2.24, 2.45) is 0 Å². The van der Waals surface area contributed by atoms with E-state index in [2.05, 4.69) is 205 Å². The Labute approximate surface area is 308 Å². The molecule has 2 nitrogen and oxygen atoms in total. The molecule has 2 heteroatoms. The van der Waals surface area contributed by atoms with E-state index in [0.29, 0.717) is 0 Å². The second kappa shape index (κ2) is 11.2. The summed E-state index contributed by atoms with van der Waals surface area (Å²) in [4.78, 5) is 2.33. The van der Waals surface area contributed by atoms with Crippen molar-refractivity contribution in [2.75, 3.05) is 4.90 Å². The quantitative estimate of drug-likeness (QED) is 0.168. The molecule has 1 heterocycles. The topological polar surface area (TPSA) is 8.17 Å². The van der Waals surface area contributed by atoms with Crippen LogP contribution in [0.3, 0.4) is 0 Å². The molecule has 9 aromatic carbocycles. The smallest absolute Gasteiger partial charge is 0.0547 e. The average molecular weight is 677 g/mol. The van der Waals surface area contributed by atoms with E-state index in [9.17, 15) is 0 Å². The molecule has 53 heavy (non-hydrogen) atoms. The Kier molecular flexibility index (Phi) is 6.33. The van der Waals surface area contributed by atoms with Gasteiger partial charge in [0.2, 0.25) is 0 Å². The van der Waals surface area contributed by atoms with Gasteiger partial charge in [0.25, 0.3) is 0 Å². The highest BCUT2D eigenvalue weighted by Gasteiger charge is 2.36. The van der Waals surface area contributed by atoms with Gasteiger partial charge in [0.05, 0.1) is 11.0 Å². The molecule has 0 saturated carbocycles. The van der Waals surface area contributed by atoms with Gasteiger partial charge in [0, 0.05) is 38.9 Å². The van der Waals surface area contributed by atoms with Gasteiger partial charge in [-0.05, 0) is 127 Å². The van der Waals surface area contributed by atoms with Gasteiger partial charge in [-0.15, -0.1) is 0 Å². The maximum absolute atomic E-state index is 2.51. The van der Waals surface area contributed by atoms with Gasteiger partial charge < -0.3 is 9.47 Å². The van der Waals surface area contributed by atoms with Crippen LogP contribution in [0.2, 0.25) is 0 Å². The Morgan fingerprint density at radius 1 is 0.358 bits per heavy atom. The number of para-hydroxylation sites is 2. The van der Waals surface area contributed by atoms with Gasteiger partial charge in [-0.2, -0.15) is 0 Å². The van der Waals surface area contributed by atoms with Crippen LogP contribution in [0.25, 0.3) is 70.9 Å². The van der Waals surface area contributed by atoms with Crippen molar-refractivity contribution in [2.45, 2.75) is 19.3 Å². The normalized spacial score (nSPS) is 13.2. The SMILES string of the molecule is CC1(C)c2ccccc2-c2cc3c4cc5c6ccccc6c6ccccc6c5cc4n(-c4ccc(N(c5ccccc5)c5ccccc5)cc4)c3cc21. The van der Waals surface area contributed by atoms with Crippen LogP contribution in [0.15, 0.2) is 182 Å². The van der Waals surface area contributed by atoms with E-state index in [0.717, 1.165) is 22.7 Å². The molecule has 0 fully saturated rings. The lowest BCUT2D eigenvalue weighted by Crippen LogP contribution is -2.15. The molecule has 10 aromatic rings. The van der Waals surface area contributed by atoms with Crippen LogP contribution < -0.4 is 4.90 Å². The molecular formula is C51H36N2. The molecule has 0 aliphatic heterocycles. The maximum atomic E-state index is 2.51. The fraction of sp³-hybridized carbons (Fsp3) is 0.0588. The van der Waals surface area contributed by atoms with Crippen LogP contribution >= 0.6 is 0 Å². The van der Waals surface area contributed by atoms with Crippen molar-refractivity contribution < 1.29 is 0 Å². The summed E-state index contributed by atoms with van der Waals surface area (Å²) in [6, 6.07) is 67.0. The summed E-state index contributed by atoms with van der Waals surface area (Å²) < 4.78 is 2.51. The highest BCUT2D eigenvalue weighted by molar-refractivity contribution is 6.29. The molecule has 0 unspecified atom stereocenters. The summed E-state index contributed by atoms with van der Waals surface area (Å²) in [5.41, 5.74) is 12.3. The summed E-state index contributed by atoms with van der Waals surface area (Å²) in [6.45, 7) is 4.75. The number of hydrogen-bond acceptors (Lipinski definition) is 1. The minimum absolute atomic E-state index is 0.103. The number of fused-ring (bicyclic) bond motifs is 12. The average Bonchev–Trinajstić information content (AvgIpc) is 3.65. The van der Waals surface area contributed by atoms with Gasteiger partial charge in [-0.25, -0.2) is 0 Å². The Hall–Kier alpha value is -6.64. The van der Waals surface area contributed by atoms with Crippen LogP contribution in [0.5, 0.6) is 0 Å². The second-order valence-electron chi connectivity index (χ2n) is 14.9. The molecule has 0 N–H and O–H groups in total. The Bertz CT molecular complexity index is 3020. The van der Waals surface area contributed by atoms with Gasteiger partial charge in [0.15, 0.2) is 0 Å². The highest BCUT2D eigenvalue weighted by atomic mass is 15.1. The zero-order valence-corrected chi connectivity index (χ0v) is 29.7. The summed E-state index contributed by atoms with van der Waals surface area (Å²) >= 11 is 0. The van der Waals surface area contributed by atoms with Crippen LogP contribution in [-0.2, 0) is 5.41 Å². The van der Waals surface area contributed by atoms with E-state index < -0.39 is 0 Å². The predicted octanol–water partition coefficient (Wildman–Crippen LogP) is 14.0. The summed E-state index contributed by atoms with van der Waals surface area (Å²) in [7, 11) is 0. The van der Waals surface area contributed by atoms with Crippen LogP contribution in [0.4, 0.5) is 17.1 Å². The molecule has 1 aliphatic carbocycles. The first kappa shape index (κ1) is 30.0. The number of hydrogen-bond donors (Lipinski definition) is 0. The summed E-state index contributed by atoms with van der Waals surface area (Å²) in [6.07, 6.45) is 0. The standard InChI is InChI=1S/C51H36N2/c1-51(2)47-24-14-13-23-41(47)44-30-46-45-29-42-39-21-11-9-19-37(39)38-20-10-12-22-40(38)43(42)31-49(45)53(50(46)32-48(44)51)36-27-25-35(26-28-36)52(33-15-5-3-6-16-33)34-17-7-4-8-18-34/h3-32H,1-2H3. The number of anilines is 3. The molecule has 0 radical (unpaired) electrons. The van der Waals surface area contributed by atoms with Crippen LogP contribution in [-0.4, -0.2) is 4.57 Å². The monoisotopic (exact) mass is 676 g/mol. The van der Waals surface area contributed by atoms with Crippen molar-refractivity contribution >= 4 is 71.2 Å². The van der Waals surface area contributed by atoms with Crippen LogP contribution in [0.1, 0.15) is 25.0 Å². The second-order valence-corrected chi connectivity index (χ2v) is 14.9. The van der Waals surface area contributed by atoms with Crippen molar-refractivity contribution in [3.8, 4) is 16.8 Å². The lowest BCUT2D eigenvalue weighted by molar-refractivity contribution is 0.661. The third-order valence-electron chi connectivity index (χ3n) is 11.7. The van der Waals surface area contributed by atoms with Crippen molar-refractivity contribution in [1.82, 2.24) is 4.57 Å². The fourth-order valence-corrected chi connectivity index (χ4v) is 9.24. The molecule has 0 saturated heterocycles. The molecule has 0 spiro atoms. The number of nitrogens with zero attached hydrogens (tertiary/aromatic N) is 2. The molecule has 11 rings (SSSR count). The Morgan fingerprint density at radius 3 is 1.45 bits per heavy atom. The molecule has 250 valence electrons. The first-order chi connectivity index (χ1) is 26.1. The van der Waals surface area contributed by atoms with E-state index >= 15 is 0 Å². The van der Waals surface area contributed by atoms with Crippen LogP contribution in [0, 0.1) is 0 Å². The zero-order chi connectivity index (χ0) is 35.3. The van der Waals surface area contributed by atoms with Crippen molar-refractivity contribution in [1.29, 1.82) is 0 Å². The fourth-order valence-electron chi connectivity index (χ4n) is 9.24. The Balaban J connectivity index is 1.22. The van der Waals surface area contributed by atoms with E-state index in [-0.39, 0.29) is 5.41 Å². The van der Waals surface area contributed by atoms with E-state index in [4.69, 9.17) is 0 Å². The Morgan fingerprint density at radius 2 is 0.830 bits per heavy atom.